The van der Waals surface area contributed by atoms with Gasteiger partial charge in [-0.1, -0.05) is 35.3 Å². The van der Waals surface area contributed by atoms with Gasteiger partial charge in [-0.2, -0.15) is 0 Å². The number of benzene rings is 2. The molecule has 0 amide bonds. The highest BCUT2D eigenvalue weighted by atomic mass is 35.5. The van der Waals surface area contributed by atoms with Crippen LogP contribution in [0.15, 0.2) is 36.4 Å². The van der Waals surface area contributed by atoms with E-state index in [0.29, 0.717) is 16.7 Å². The summed E-state index contributed by atoms with van der Waals surface area (Å²) < 4.78 is 5.72. The van der Waals surface area contributed by atoms with Crippen LogP contribution in [0.3, 0.4) is 0 Å². The fourth-order valence-corrected chi connectivity index (χ4v) is 1.92. The summed E-state index contributed by atoms with van der Waals surface area (Å²) in [5.41, 5.74) is 3.49. The lowest BCUT2D eigenvalue weighted by Gasteiger charge is -2.09. The Morgan fingerprint density at radius 1 is 0.889 bits per heavy atom. The highest BCUT2D eigenvalue weighted by Gasteiger charge is 2.01. The summed E-state index contributed by atoms with van der Waals surface area (Å²) in [6, 6.07) is 11.6. The van der Waals surface area contributed by atoms with Gasteiger partial charge in [-0.25, -0.2) is 0 Å². The van der Waals surface area contributed by atoms with Crippen molar-refractivity contribution in [1.29, 1.82) is 0 Å². The monoisotopic (exact) mass is 280 g/mol. The molecule has 2 rings (SSSR count). The lowest BCUT2D eigenvalue weighted by atomic mass is 10.1. The first-order valence-electron chi connectivity index (χ1n) is 5.70. The van der Waals surface area contributed by atoms with E-state index < -0.39 is 0 Å². The first-order valence-corrected chi connectivity index (χ1v) is 6.46. The molecule has 94 valence electrons. The molecule has 0 heterocycles. The van der Waals surface area contributed by atoms with Crippen molar-refractivity contribution in [1.82, 2.24) is 0 Å². The van der Waals surface area contributed by atoms with Crippen LogP contribution in [0, 0.1) is 13.8 Å². The van der Waals surface area contributed by atoms with Crippen molar-refractivity contribution in [2.45, 2.75) is 20.5 Å². The number of ether oxygens (including phenoxy) is 1. The predicted molar refractivity (Wildman–Crippen MR) is 76.7 cm³/mol. The highest BCUT2D eigenvalue weighted by molar-refractivity contribution is 6.42. The second-order valence-electron chi connectivity index (χ2n) is 4.28. The maximum Gasteiger partial charge on any atom is 0.120 e. The molecular formula is C15H14Cl2O. The third-order valence-corrected chi connectivity index (χ3v) is 3.61. The summed E-state index contributed by atoms with van der Waals surface area (Å²) in [4.78, 5) is 0. The molecule has 3 heteroatoms. The molecule has 0 radical (unpaired) electrons. The molecule has 0 aliphatic heterocycles. The van der Waals surface area contributed by atoms with Gasteiger partial charge in [0, 0.05) is 0 Å². The minimum atomic E-state index is 0.486. The molecule has 2 aromatic rings. The van der Waals surface area contributed by atoms with Gasteiger partial charge in [0.1, 0.15) is 12.4 Å². The van der Waals surface area contributed by atoms with E-state index in [4.69, 9.17) is 27.9 Å². The van der Waals surface area contributed by atoms with Crippen LogP contribution in [0.5, 0.6) is 5.75 Å². The van der Waals surface area contributed by atoms with Crippen LogP contribution in [-0.2, 0) is 6.61 Å². The topological polar surface area (TPSA) is 9.23 Å². The largest absolute Gasteiger partial charge is 0.489 e. The summed E-state index contributed by atoms with van der Waals surface area (Å²) in [6.45, 7) is 4.64. The predicted octanol–water partition coefficient (Wildman–Crippen LogP) is 5.19. The number of hydrogen-bond donors (Lipinski definition) is 0. The molecule has 0 saturated carbocycles. The summed E-state index contributed by atoms with van der Waals surface area (Å²) >= 11 is 11.8. The van der Waals surface area contributed by atoms with Crippen molar-refractivity contribution < 1.29 is 4.74 Å². The van der Waals surface area contributed by atoms with Crippen LogP contribution in [0.2, 0.25) is 10.0 Å². The number of hydrogen-bond acceptors (Lipinski definition) is 1. The molecule has 0 N–H and O–H groups in total. The van der Waals surface area contributed by atoms with E-state index >= 15 is 0 Å². The van der Waals surface area contributed by atoms with Crippen LogP contribution < -0.4 is 4.74 Å². The molecule has 0 unspecified atom stereocenters. The Bertz CT molecular complexity index is 513. The van der Waals surface area contributed by atoms with Gasteiger partial charge in [-0.05, 0) is 54.8 Å². The summed E-state index contributed by atoms with van der Waals surface area (Å²) in [6.07, 6.45) is 0. The van der Waals surface area contributed by atoms with E-state index in [2.05, 4.69) is 19.9 Å². The standard InChI is InChI=1S/C15H14Cl2O/c1-10-3-5-13(7-11(10)2)18-9-12-4-6-14(16)15(17)8-12/h3-8H,9H2,1-2H3. The van der Waals surface area contributed by atoms with Crippen molar-refractivity contribution in [2.24, 2.45) is 0 Å². The summed E-state index contributed by atoms with van der Waals surface area (Å²) in [7, 11) is 0. The van der Waals surface area contributed by atoms with Crippen LogP contribution in [0.4, 0.5) is 0 Å². The summed E-state index contributed by atoms with van der Waals surface area (Å²) in [5, 5.41) is 1.12. The van der Waals surface area contributed by atoms with Crippen LogP contribution >= 0.6 is 23.2 Å². The average Bonchev–Trinajstić information content (AvgIpc) is 2.35. The Morgan fingerprint density at radius 2 is 1.67 bits per heavy atom. The maximum absolute atomic E-state index is 5.95. The van der Waals surface area contributed by atoms with Gasteiger partial charge >= 0.3 is 0 Å². The Balaban J connectivity index is 2.06. The lowest BCUT2D eigenvalue weighted by Crippen LogP contribution is -1.96. The Morgan fingerprint density at radius 3 is 2.33 bits per heavy atom. The third-order valence-electron chi connectivity index (χ3n) is 2.87. The normalized spacial score (nSPS) is 10.4. The first kappa shape index (κ1) is 13.3. The average molecular weight is 281 g/mol. The van der Waals surface area contributed by atoms with Crippen molar-refractivity contribution in [3.63, 3.8) is 0 Å². The first-order chi connectivity index (χ1) is 8.56. The summed E-state index contributed by atoms with van der Waals surface area (Å²) in [5.74, 6) is 0.865. The zero-order valence-electron chi connectivity index (χ0n) is 10.3. The molecule has 0 fully saturated rings. The van der Waals surface area contributed by atoms with E-state index in [0.717, 1.165) is 11.3 Å². The molecule has 0 aliphatic carbocycles. The fraction of sp³-hybridized carbons (Fsp3) is 0.200. The molecule has 0 aliphatic rings. The Labute approximate surface area is 117 Å². The van der Waals surface area contributed by atoms with Gasteiger partial charge in [0.05, 0.1) is 10.0 Å². The van der Waals surface area contributed by atoms with Crippen LogP contribution in [0.1, 0.15) is 16.7 Å². The van der Waals surface area contributed by atoms with Gasteiger partial charge < -0.3 is 4.74 Å². The molecule has 18 heavy (non-hydrogen) atoms. The second-order valence-corrected chi connectivity index (χ2v) is 5.10. The molecule has 1 nitrogen and oxygen atoms in total. The van der Waals surface area contributed by atoms with E-state index in [1.165, 1.54) is 11.1 Å². The quantitative estimate of drug-likeness (QED) is 0.752. The lowest BCUT2D eigenvalue weighted by molar-refractivity contribution is 0.306. The second kappa shape index (κ2) is 5.64. The van der Waals surface area contributed by atoms with Gasteiger partial charge in [-0.3, -0.25) is 0 Å². The number of rotatable bonds is 3. The third kappa shape index (κ3) is 3.18. The van der Waals surface area contributed by atoms with Crippen LogP contribution in [0.25, 0.3) is 0 Å². The Kier molecular flexibility index (Phi) is 4.15. The Hall–Kier alpha value is -1.18. The van der Waals surface area contributed by atoms with Crippen molar-refractivity contribution in [3.05, 3.63) is 63.1 Å². The van der Waals surface area contributed by atoms with Crippen LogP contribution in [-0.4, -0.2) is 0 Å². The van der Waals surface area contributed by atoms with E-state index in [1.54, 1.807) is 6.07 Å². The number of halogens is 2. The SMILES string of the molecule is Cc1ccc(OCc2ccc(Cl)c(Cl)c2)cc1C. The molecule has 2 aromatic carbocycles. The van der Waals surface area contributed by atoms with E-state index in [1.807, 2.05) is 24.3 Å². The zero-order valence-corrected chi connectivity index (χ0v) is 11.8. The molecule has 0 spiro atoms. The highest BCUT2D eigenvalue weighted by Crippen LogP contribution is 2.24. The minimum absolute atomic E-state index is 0.486. The molecule has 0 aromatic heterocycles. The van der Waals surface area contributed by atoms with Gasteiger partial charge in [-0.15, -0.1) is 0 Å². The van der Waals surface area contributed by atoms with Gasteiger partial charge in [0.25, 0.3) is 0 Å². The smallest absolute Gasteiger partial charge is 0.120 e. The maximum atomic E-state index is 5.95. The molecular weight excluding hydrogens is 267 g/mol. The van der Waals surface area contributed by atoms with E-state index in [9.17, 15) is 0 Å². The van der Waals surface area contributed by atoms with Gasteiger partial charge in [0.2, 0.25) is 0 Å². The fourth-order valence-electron chi connectivity index (χ4n) is 1.60. The van der Waals surface area contributed by atoms with Crippen molar-refractivity contribution in [3.8, 4) is 5.75 Å². The van der Waals surface area contributed by atoms with Gasteiger partial charge in [0.15, 0.2) is 0 Å². The molecule has 0 atom stereocenters. The molecule has 0 bridgehead atoms. The zero-order chi connectivity index (χ0) is 13.1. The van der Waals surface area contributed by atoms with E-state index in [-0.39, 0.29) is 0 Å². The number of aryl methyl sites for hydroxylation is 2. The molecule has 0 saturated heterocycles. The van der Waals surface area contributed by atoms with Crippen molar-refractivity contribution >= 4 is 23.2 Å². The minimum Gasteiger partial charge on any atom is -0.489 e. The van der Waals surface area contributed by atoms with Crippen molar-refractivity contribution in [2.75, 3.05) is 0 Å².